The van der Waals surface area contributed by atoms with Gasteiger partial charge in [-0.05, 0) is 43.5 Å². The van der Waals surface area contributed by atoms with Gasteiger partial charge in [-0.25, -0.2) is 0 Å². The number of hydrogen-bond donors (Lipinski definition) is 2. The second-order valence-electron chi connectivity index (χ2n) is 7.88. The van der Waals surface area contributed by atoms with Crippen molar-refractivity contribution in [1.29, 1.82) is 0 Å². The van der Waals surface area contributed by atoms with E-state index in [1.54, 1.807) is 18.2 Å². The normalized spacial score (nSPS) is 20.0. The van der Waals surface area contributed by atoms with Gasteiger partial charge >= 0.3 is 0 Å². The van der Waals surface area contributed by atoms with E-state index in [-0.39, 0.29) is 23.3 Å². The van der Waals surface area contributed by atoms with E-state index in [2.05, 4.69) is 15.5 Å². The quantitative estimate of drug-likeness (QED) is 0.833. The Morgan fingerprint density at radius 2 is 1.97 bits per heavy atom. The number of pyridine rings is 1. The molecule has 3 heterocycles. The highest BCUT2D eigenvalue weighted by Gasteiger charge is 2.35. The van der Waals surface area contributed by atoms with E-state index in [0.29, 0.717) is 30.3 Å². The molecule has 0 saturated carbocycles. The zero-order chi connectivity index (χ0) is 20.5. The molecule has 1 saturated heterocycles. The fourth-order valence-electron chi connectivity index (χ4n) is 4.60. The van der Waals surface area contributed by atoms with Crippen LogP contribution in [-0.2, 0) is 11.3 Å². The Bertz CT molecular complexity index is 1010. The average molecular weight is 394 g/mol. The van der Waals surface area contributed by atoms with Gasteiger partial charge in [0.25, 0.3) is 11.5 Å². The zero-order valence-corrected chi connectivity index (χ0v) is 16.8. The van der Waals surface area contributed by atoms with E-state index in [1.165, 1.54) is 6.92 Å². The van der Waals surface area contributed by atoms with Crippen LogP contribution in [0, 0.1) is 5.92 Å². The number of carbonyl (C=O) groups excluding carboxylic acids is 2. The van der Waals surface area contributed by atoms with E-state index in [9.17, 15) is 14.4 Å². The highest BCUT2D eigenvalue weighted by atomic mass is 16.2. The summed E-state index contributed by atoms with van der Waals surface area (Å²) in [5, 5.41) is 5.68. The number of nitrogens with one attached hydrogen (secondary N) is 2. The summed E-state index contributed by atoms with van der Waals surface area (Å²) in [6.07, 6.45) is 1.06. The van der Waals surface area contributed by atoms with Gasteiger partial charge in [-0.15, -0.1) is 0 Å². The summed E-state index contributed by atoms with van der Waals surface area (Å²) in [5.41, 5.74) is 3.23. The molecule has 2 aromatic rings. The van der Waals surface area contributed by atoms with E-state index in [0.717, 1.165) is 30.9 Å². The van der Waals surface area contributed by atoms with Crippen LogP contribution in [0.25, 0.3) is 0 Å². The summed E-state index contributed by atoms with van der Waals surface area (Å²) >= 11 is 0. The van der Waals surface area contributed by atoms with Gasteiger partial charge in [0.05, 0.1) is 11.4 Å². The third kappa shape index (κ3) is 3.77. The molecule has 29 heavy (non-hydrogen) atoms. The Kier molecular flexibility index (Phi) is 5.13. The number of fused-ring (bicyclic) bond motifs is 4. The average Bonchev–Trinajstić information content (AvgIpc) is 2.68. The van der Waals surface area contributed by atoms with Crippen molar-refractivity contribution in [2.75, 3.05) is 29.9 Å². The van der Waals surface area contributed by atoms with E-state index in [1.807, 2.05) is 29.7 Å². The predicted molar refractivity (Wildman–Crippen MR) is 113 cm³/mol. The Morgan fingerprint density at radius 3 is 2.72 bits per heavy atom. The fraction of sp³-hybridized carbons (Fsp3) is 0.409. The second kappa shape index (κ2) is 7.73. The molecule has 0 unspecified atom stereocenters. The maximum Gasteiger partial charge on any atom is 0.251 e. The summed E-state index contributed by atoms with van der Waals surface area (Å²) in [6, 6.07) is 10.9. The van der Waals surface area contributed by atoms with Gasteiger partial charge in [0.2, 0.25) is 5.91 Å². The number of aromatic nitrogens is 1. The molecular formula is C22H26N4O3. The molecule has 2 N–H and O–H groups in total. The third-order valence-corrected chi connectivity index (χ3v) is 5.73. The molecule has 1 aromatic carbocycles. The van der Waals surface area contributed by atoms with Gasteiger partial charge in [-0.1, -0.05) is 6.07 Å². The lowest BCUT2D eigenvalue weighted by Gasteiger charge is -2.44. The molecule has 2 aliphatic rings. The first kappa shape index (κ1) is 19.2. The van der Waals surface area contributed by atoms with Crippen molar-refractivity contribution in [3.05, 3.63) is 58.0 Å². The summed E-state index contributed by atoms with van der Waals surface area (Å²) in [4.78, 5) is 38.5. The molecule has 2 aliphatic heterocycles. The number of carbonyl (C=O) groups is 2. The zero-order valence-electron chi connectivity index (χ0n) is 16.8. The highest BCUT2D eigenvalue weighted by molar-refractivity contribution is 5.99. The molecule has 7 nitrogen and oxygen atoms in total. The molecule has 4 rings (SSSR count). The molecule has 2 atom stereocenters. The second-order valence-corrected chi connectivity index (χ2v) is 7.88. The van der Waals surface area contributed by atoms with Gasteiger partial charge in [0, 0.05) is 56.3 Å². The minimum absolute atomic E-state index is 0.0656. The lowest BCUT2D eigenvalue weighted by Crippen LogP contribution is -2.47. The highest BCUT2D eigenvalue weighted by Crippen LogP contribution is 2.39. The van der Waals surface area contributed by atoms with Crippen LogP contribution in [0.15, 0.2) is 41.2 Å². The lowest BCUT2D eigenvalue weighted by atomic mass is 9.83. The van der Waals surface area contributed by atoms with Crippen molar-refractivity contribution in [3.8, 4) is 0 Å². The Hall–Kier alpha value is -3.09. The minimum Gasteiger partial charge on any atom is -0.369 e. The Balaban J connectivity index is 1.67. The van der Waals surface area contributed by atoms with Crippen LogP contribution in [0.5, 0.6) is 0 Å². The van der Waals surface area contributed by atoms with Gasteiger partial charge in [-0.3, -0.25) is 14.4 Å². The number of amides is 2. The molecule has 152 valence electrons. The summed E-state index contributed by atoms with van der Waals surface area (Å²) < 4.78 is 1.91. The van der Waals surface area contributed by atoms with Crippen molar-refractivity contribution in [3.63, 3.8) is 0 Å². The third-order valence-electron chi connectivity index (χ3n) is 5.73. The summed E-state index contributed by atoms with van der Waals surface area (Å²) in [7, 11) is 0. The molecular weight excluding hydrogens is 368 g/mol. The Labute approximate surface area is 169 Å². The SMILES string of the molecule is CCNC(=O)c1ccc(N2C[C@H]3C[C@@H](C2)c2cccc(=O)n2C3)c(NC(C)=O)c1. The Morgan fingerprint density at radius 1 is 1.14 bits per heavy atom. The van der Waals surface area contributed by atoms with Crippen LogP contribution in [0.1, 0.15) is 42.2 Å². The van der Waals surface area contributed by atoms with Crippen molar-refractivity contribution in [2.45, 2.75) is 32.7 Å². The van der Waals surface area contributed by atoms with Gasteiger partial charge in [0.15, 0.2) is 0 Å². The van der Waals surface area contributed by atoms with Gasteiger partial charge < -0.3 is 20.1 Å². The van der Waals surface area contributed by atoms with Crippen LogP contribution < -0.4 is 21.1 Å². The molecule has 1 fully saturated rings. The number of hydrogen-bond acceptors (Lipinski definition) is 4. The topological polar surface area (TPSA) is 83.4 Å². The van der Waals surface area contributed by atoms with E-state index < -0.39 is 0 Å². The smallest absolute Gasteiger partial charge is 0.251 e. The monoisotopic (exact) mass is 394 g/mol. The van der Waals surface area contributed by atoms with E-state index in [4.69, 9.17) is 0 Å². The number of benzene rings is 1. The van der Waals surface area contributed by atoms with Crippen molar-refractivity contribution < 1.29 is 9.59 Å². The van der Waals surface area contributed by atoms with Crippen molar-refractivity contribution >= 4 is 23.2 Å². The molecule has 7 heteroatoms. The maximum absolute atomic E-state index is 12.2. The van der Waals surface area contributed by atoms with E-state index >= 15 is 0 Å². The first-order chi connectivity index (χ1) is 14.0. The van der Waals surface area contributed by atoms with Crippen molar-refractivity contribution in [1.82, 2.24) is 9.88 Å². The molecule has 2 amide bonds. The molecule has 0 aliphatic carbocycles. The summed E-state index contributed by atoms with van der Waals surface area (Å²) in [5.74, 6) is 0.308. The number of rotatable bonds is 4. The fourth-order valence-corrected chi connectivity index (χ4v) is 4.60. The molecule has 1 aromatic heterocycles. The number of piperidine rings is 1. The lowest BCUT2D eigenvalue weighted by molar-refractivity contribution is -0.114. The minimum atomic E-state index is -0.173. The first-order valence-corrected chi connectivity index (χ1v) is 10.1. The van der Waals surface area contributed by atoms with Crippen LogP contribution in [0.3, 0.4) is 0 Å². The first-order valence-electron chi connectivity index (χ1n) is 10.1. The summed E-state index contributed by atoms with van der Waals surface area (Å²) in [6.45, 7) is 6.18. The standard InChI is InChI=1S/C22H26N4O3/c1-3-23-22(29)16-7-8-20(18(10-16)24-14(2)27)25-11-15-9-17(13-25)19-5-4-6-21(28)26(19)12-15/h4-8,10,15,17H,3,9,11-13H2,1-2H3,(H,23,29)(H,24,27)/t15-,17+/m1/s1. The van der Waals surface area contributed by atoms with Crippen LogP contribution in [-0.4, -0.2) is 36.0 Å². The van der Waals surface area contributed by atoms with Gasteiger partial charge in [0.1, 0.15) is 0 Å². The number of nitrogens with zero attached hydrogens (tertiary/aromatic N) is 2. The van der Waals surface area contributed by atoms with Gasteiger partial charge in [-0.2, -0.15) is 0 Å². The van der Waals surface area contributed by atoms with Crippen molar-refractivity contribution in [2.24, 2.45) is 5.92 Å². The largest absolute Gasteiger partial charge is 0.369 e. The van der Waals surface area contributed by atoms with Crippen LogP contribution >= 0.6 is 0 Å². The molecule has 0 spiro atoms. The maximum atomic E-state index is 12.2. The van der Waals surface area contributed by atoms with Crippen LogP contribution in [0.2, 0.25) is 0 Å². The number of anilines is 2. The van der Waals surface area contributed by atoms with Crippen LogP contribution in [0.4, 0.5) is 11.4 Å². The predicted octanol–water partition coefficient (Wildman–Crippen LogP) is 2.18. The molecule has 0 radical (unpaired) electrons. The molecule has 2 bridgehead atoms.